The van der Waals surface area contributed by atoms with Crippen molar-refractivity contribution in [3.8, 4) is 0 Å². The summed E-state index contributed by atoms with van der Waals surface area (Å²) in [7, 11) is 0. The third-order valence-corrected chi connectivity index (χ3v) is 7.17. The van der Waals surface area contributed by atoms with Crippen molar-refractivity contribution >= 4 is 23.2 Å². The minimum Gasteiger partial charge on any atom is -0.390 e. The average Bonchev–Trinajstić information content (AvgIpc) is 3.40. The Morgan fingerprint density at radius 2 is 1.54 bits per heavy atom. The molecule has 0 saturated carbocycles. The van der Waals surface area contributed by atoms with Crippen molar-refractivity contribution in [1.29, 1.82) is 0 Å². The molecule has 2 amide bonds. The molecule has 0 fully saturated rings. The Balaban J connectivity index is 1.86. The first-order chi connectivity index (χ1) is 17.8. The molecule has 0 aliphatic heterocycles. The molecule has 0 aliphatic carbocycles. The van der Waals surface area contributed by atoms with Crippen LogP contribution in [-0.2, 0) is 13.0 Å². The average molecular weight is 522 g/mol. The molecule has 1 heterocycles. The molecule has 198 valence electrons. The van der Waals surface area contributed by atoms with Gasteiger partial charge in [0, 0.05) is 48.2 Å². The van der Waals surface area contributed by atoms with Crippen molar-refractivity contribution < 1.29 is 14.7 Å². The van der Waals surface area contributed by atoms with Crippen LogP contribution in [0.15, 0.2) is 66.0 Å². The SMILES string of the molecule is CCCN(CCC)C(=O)c1cc(C)cc(C(=O)N(Cc2ccccc2)C[C@@H](O)[C@@H](N)Cc2cccs2)c1. The molecule has 37 heavy (non-hydrogen) atoms. The highest BCUT2D eigenvalue weighted by molar-refractivity contribution is 7.09. The van der Waals surface area contributed by atoms with Crippen molar-refractivity contribution in [1.82, 2.24) is 9.80 Å². The van der Waals surface area contributed by atoms with Crippen LogP contribution in [0.4, 0.5) is 0 Å². The molecule has 2 aromatic carbocycles. The van der Waals surface area contributed by atoms with Crippen LogP contribution in [0.1, 0.15) is 63.4 Å². The maximum absolute atomic E-state index is 13.8. The predicted octanol–water partition coefficient (Wildman–Crippen LogP) is 4.89. The number of carbonyl (C=O) groups is 2. The van der Waals surface area contributed by atoms with Gasteiger partial charge in [-0.15, -0.1) is 11.3 Å². The number of carbonyl (C=O) groups excluding carboxylic acids is 2. The fraction of sp³-hybridized carbons (Fsp3) is 0.400. The van der Waals surface area contributed by atoms with Crippen LogP contribution >= 0.6 is 11.3 Å². The Morgan fingerprint density at radius 1 is 0.919 bits per heavy atom. The quantitative estimate of drug-likeness (QED) is 0.335. The second kappa shape index (κ2) is 14.1. The number of aliphatic hydroxyl groups excluding tert-OH is 1. The first-order valence-corrected chi connectivity index (χ1v) is 13.9. The molecule has 6 nitrogen and oxygen atoms in total. The van der Waals surface area contributed by atoms with Gasteiger partial charge in [0.2, 0.25) is 0 Å². The highest BCUT2D eigenvalue weighted by atomic mass is 32.1. The summed E-state index contributed by atoms with van der Waals surface area (Å²) in [5.74, 6) is -0.296. The number of amides is 2. The largest absolute Gasteiger partial charge is 0.390 e. The second-order valence-electron chi connectivity index (χ2n) is 9.57. The van der Waals surface area contributed by atoms with Crippen LogP contribution in [0.5, 0.6) is 0 Å². The zero-order valence-electron chi connectivity index (χ0n) is 22.1. The predicted molar refractivity (Wildman–Crippen MR) is 151 cm³/mol. The normalized spacial score (nSPS) is 12.7. The molecule has 0 saturated heterocycles. The molecule has 2 atom stereocenters. The van der Waals surface area contributed by atoms with Crippen LogP contribution in [0.2, 0.25) is 0 Å². The standard InChI is InChI=1S/C30H39N3O3S/c1-4-13-32(14-5-2)29(35)24-16-22(3)17-25(18-24)30(36)33(20-23-10-7-6-8-11-23)21-28(34)27(31)19-26-12-9-15-37-26/h6-12,15-18,27-28,34H,4-5,13-14,19-21,31H2,1-3H3/t27-,28+/m0/s1. The Hall–Kier alpha value is -3.00. The molecule has 0 bridgehead atoms. The summed E-state index contributed by atoms with van der Waals surface area (Å²) < 4.78 is 0. The first kappa shape index (κ1) is 28.6. The lowest BCUT2D eigenvalue weighted by Crippen LogP contribution is -2.46. The molecular formula is C30H39N3O3S. The fourth-order valence-corrected chi connectivity index (χ4v) is 5.21. The Labute approximate surface area is 224 Å². The smallest absolute Gasteiger partial charge is 0.254 e. The number of hydrogen-bond acceptors (Lipinski definition) is 5. The van der Waals surface area contributed by atoms with E-state index in [-0.39, 0.29) is 18.4 Å². The molecule has 3 rings (SSSR count). The minimum atomic E-state index is -0.898. The maximum Gasteiger partial charge on any atom is 0.254 e. The molecule has 0 unspecified atom stereocenters. The van der Waals surface area contributed by atoms with E-state index < -0.39 is 12.1 Å². The van der Waals surface area contributed by atoms with Crippen LogP contribution in [-0.4, -0.2) is 58.5 Å². The van der Waals surface area contributed by atoms with Crippen LogP contribution in [0.25, 0.3) is 0 Å². The summed E-state index contributed by atoms with van der Waals surface area (Å²) in [6.45, 7) is 7.78. The van der Waals surface area contributed by atoms with Crippen molar-refractivity contribution in [2.24, 2.45) is 5.73 Å². The number of nitrogens with two attached hydrogens (primary N) is 1. The third-order valence-electron chi connectivity index (χ3n) is 6.27. The molecule has 0 aliphatic rings. The summed E-state index contributed by atoms with van der Waals surface area (Å²) in [5, 5.41) is 13.0. The van der Waals surface area contributed by atoms with E-state index in [1.807, 2.05) is 65.7 Å². The van der Waals surface area contributed by atoms with Gasteiger partial charge in [-0.25, -0.2) is 0 Å². The lowest BCUT2D eigenvalue weighted by atomic mass is 10.0. The summed E-state index contributed by atoms with van der Waals surface area (Å²) in [6.07, 6.45) is 1.39. The highest BCUT2D eigenvalue weighted by Gasteiger charge is 2.25. The van der Waals surface area contributed by atoms with E-state index in [1.165, 1.54) is 0 Å². The number of aryl methyl sites for hydroxylation is 1. The van der Waals surface area contributed by atoms with Crippen LogP contribution in [0, 0.1) is 6.92 Å². The molecule has 3 aromatic rings. The van der Waals surface area contributed by atoms with Gasteiger partial charge in [0.15, 0.2) is 0 Å². The van der Waals surface area contributed by atoms with E-state index in [0.717, 1.165) is 28.8 Å². The van der Waals surface area contributed by atoms with Gasteiger partial charge in [-0.05, 0) is 67.0 Å². The van der Waals surface area contributed by atoms with Gasteiger partial charge in [0.25, 0.3) is 11.8 Å². The molecule has 1 aromatic heterocycles. The van der Waals surface area contributed by atoms with Crippen molar-refractivity contribution in [2.45, 2.75) is 58.7 Å². The summed E-state index contributed by atoms with van der Waals surface area (Å²) >= 11 is 1.60. The van der Waals surface area contributed by atoms with Crippen LogP contribution in [0.3, 0.4) is 0 Å². The zero-order valence-corrected chi connectivity index (χ0v) is 22.9. The van der Waals surface area contributed by atoms with Gasteiger partial charge >= 0.3 is 0 Å². The van der Waals surface area contributed by atoms with E-state index in [9.17, 15) is 14.7 Å². The summed E-state index contributed by atoms with van der Waals surface area (Å²) in [5.41, 5.74) is 9.08. The lowest BCUT2D eigenvalue weighted by Gasteiger charge is -2.29. The van der Waals surface area contributed by atoms with Gasteiger partial charge < -0.3 is 20.6 Å². The molecule has 0 radical (unpaired) electrons. The molecule has 7 heteroatoms. The van der Waals surface area contributed by atoms with E-state index in [0.29, 0.717) is 37.2 Å². The Kier molecular flexibility index (Phi) is 10.9. The lowest BCUT2D eigenvalue weighted by molar-refractivity contribution is 0.0555. The Bertz CT molecular complexity index is 1130. The van der Waals surface area contributed by atoms with E-state index in [1.54, 1.807) is 28.4 Å². The third kappa shape index (κ3) is 8.25. The number of aliphatic hydroxyl groups is 1. The van der Waals surface area contributed by atoms with Crippen LogP contribution < -0.4 is 5.73 Å². The van der Waals surface area contributed by atoms with Crippen molar-refractivity contribution in [2.75, 3.05) is 19.6 Å². The summed E-state index contributed by atoms with van der Waals surface area (Å²) in [6, 6.07) is 18.5. The fourth-order valence-electron chi connectivity index (χ4n) is 4.43. The van der Waals surface area contributed by atoms with Gasteiger partial charge in [-0.2, -0.15) is 0 Å². The molecule has 3 N–H and O–H groups in total. The number of benzene rings is 2. The van der Waals surface area contributed by atoms with E-state index in [2.05, 4.69) is 13.8 Å². The van der Waals surface area contributed by atoms with Gasteiger partial charge in [-0.3, -0.25) is 9.59 Å². The van der Waals surface area contributed by atoms with Gasteiger partial charge in [0.05, 0.1) is 6.10 Å². The number of rotatable bonds is 13. The highest BCUT2D eigenvalue weighted by Crippen LogP contribution is 2.18. The van der Waals surface area contributed by atoms with Crippen molar-refractivity contribution in [3.63, 3.8) is 0 Å². The first-order valence-electron chi connectivity index (χ1n) is 13.0. The van der Waals surface area contributed by atoms with Gasteiger partial charge in [-0.1, -0.05) is 50.2 Å². The monoisotopic (exact) mass is 521 g/mol. The summed E-state index contributed by atoms with van der Waals surface area (Å²) in [4.78, 5) is 31.7. The number of hydrogen-bond donors (Lipinski definition) is 2. The zero-order chi connectivity index (χ0) is 26.8. The Morgan fingerprint density at radius 3 is 2.11 bits per heavy atom. The van der Waals surface area contributed by atoms with Gasteiger partial charge in [0.1, 0.15) is 0 Å². The number of nitrogens with zero attached hydrogens (tertiary/aromatic N) is 2. The van der Waals surface area contributed by atoms with E-state index in [4.69, 9.17) is 5.73 Å². The molecular weight excluding hydrogens is 482 g/mol. The minimum absolute atomic E-state index is 0.0611. The topological polar surface area (TPSA) is 86.9 Å². The second-order valence-corrected chi connectivity index (χ2v) is 10.6. The maximum atomic E-state index is 13.8. The molecule has 0 spiro atoms. The van der Waals surface area contributed by atoms with Crippen molar-refractivity contribution in [3.05, 3.63) is 93.2 Å². The van der Waals surface area contributed by atoms with E-state index >= 15 is 0 Å². The number of thiophene rings is 1.